The first-order chi connectivity index (χ1) is 7.58. The monoisotopic (exact) mass is 218 g/mol. The van der Waals surface area contributed by atoms with E-state index in [2.05, 4.69) is 19.2 Å². The topological polar surface area (TPSA) is 49.4 Å². The molecule has 0 bridgehead atoms. The molecule has 4 heteroatoms. The second kappa shape index (κ2) is 3.96. The molecule has 1 aliphatic rings. The molecule has 2 rings (SSSR count). The summed E-state index contributed by atoms with van der Waals surface area (Å²) in [5.74, 6) is 0.154. The predicted molar refractivity (Wildman–Crippen MR) is 61.4 cm³/mol. The molecule has 1 aromatic rings. The van der Waals surface area contributed by atoms with Crippen LogP contribution in [0.15, 0.2) is 24.3 Å². The highest BCUT2D eigenvalue weighted by molar-refractivity contribution is 6.12. The lowest BCUT2D eigenvalue weighted by atomic mass is 10.0. The van der Waals surface area contributed by atoms with Crippen LogP contribution in [0.25, 0.3) is 0 Å². The summed E-state index contributed by atoms with van der Waals surface area (Å²) in [6.07, 6.45) is 0. The molecule has 0 atom stereocenters. The average molecular weight is 218 g/mol. The Kier molecular flexibility index (Phi) is 2.64. The van der Waals surface area contributed by atoms with Gasteiger partial charge in [0.2, 0.25) is 5.91 Å². The Labute approximate surface area is 94.2 Å². The minimum atomic E-state index is -0.342. The van der Waals surface area contributed by atoms with Gasteiger partial charge in [0.15, 0.2) is 0 Å². The van der Waals surface area contributed by atoms with Crippen LogP contribution in [0.5, 0.6) is 0 Å². The molecule has 1 aliphatic heterocycles. The van der Waals surface area contributed by atoms with Crippen molar-refractivity contribution in [2.24, 2.45) is 0 Å². The Bertz CT molecular complexity index is 440. The van der Waals surface area contributed by atoms with Crippen molar-refractivity contribution in [3.63, 3.8) is 0 Å². The van der Waals surface area contributed by atoms with Crippen molar-refractivity contribution < 1.29 is 9.59 Å². The average Bonchev–Trinajstić information content (AvgIpc) is 2.58. The number of amides is 3. The van der Waals surface area contributed by atoms with Crippen LogP contribution >= 0.6 is 0 Å². The zero-order chi connectivity index (χ0) is 11.7. The smallest absolute Gasteiger partial charge is 0.285 e. The third-order valence-corrected chi connectivity index (χ3v) is 2.64. The van der Waals surface area contributed by atoms with Crippen LogP contribution in [-0.4, -0.2) is 18.5 Å². The van der Waals surface area contributed by atoms with Crippen LogP contribution in [0.3, 0.4) is 0 Å². The largest absolute Gasteiger partial charge is 0.329 e. The van der Waals surface area contributed by atoms with E-state index in [0.29, 0.717) is 5.92 Å². The molecule has 0 aliphatic carbocycles. The van der Waals surface area contributed by atoms with Gasteiger partial charge in [-0.3, -0.25) is 15.0 Å². The van der Waals surface area contributed by atoms with Crippen molar-refractivity contribution in [1.82, 2.24) is 5.32 Å². The van der Waals surface area contributed by atoms with Crippen LogP contribution in [0.2, 0.25) is 0 Å². The fraction of sp³-hybridized carbons (Fsp3) is 0.333. The Morgan fingerprint density at radius 1 is 1.31 bits per heavy atom. The van der Waals surface area contributed by atoms with Gasteiger partial charge in [-0.05, 0) is 23.6 Å². The third kappa shape index (κ3) is 1.91. The second-order valence-electron chi connectivity index (χ2n) is 4.19. The number of nitrogens with one attached hydrogen (secondary N) is 1. The van der Waals surface area contributed by atoms with Gasteiger partial charge in [-0.25, -0.2) is 4.79 Å². The maximum atomic E-state index is 11.5. The highest BCUT2D eigenvalue weighted by Crippen LogP contribution is 2.22. The van der Waals surface area contributed by atoms with E-state index in [1.165, 1.54) is 4.90 Å². The van der Waals surface area contributed by atoms with Crippen molar-refractivity contribution >= 4 is 17.6 Å². The van der Waals surface area contributed by atoms with Gasteiger partial charge >= 0.3 is 6.03 Å². The number of benzene rings is 1. The second-order valence-corrected chi connectivity index (χ2v) is 4.19. The maximum absolute atomic E-state index is 11.5. The van der Waals surface area contributed by atoms with E-state index in [1.807, 2.05) is 24.3 Å². The minimum absolute atomic E-state index is 0.111. The van der Waals surface area contributed by atoms with Gasteiger partial charge in [-0.2, -0.15) is 0 Å². The number of anilines is 1. The summed E-state index contributed by atoms with van der Waals surface area (Å²) in [5.41, 5.74) is 1.93. The predicted octanol–water partition coefficient (Wildman–Crippen LogP) is 1.87. The molecule has 0 radical (unpaired) electrons. The van der Waals surface area contributed by atoms with Gasteiger partial charge in [0, 0.05) is 5.69 Å². The zero-order valence-corrected chi connectivity index (χ0v) is 9.36. The molecule has 1 fully saturated rings. The van der Waals surface area contributed by atoms with Gasteiger partial charge in [0.25, 0.3) is 0 Å². The van der Waals surface area contributed by atoms with Crippen molar-refractivity contribution in [1.29, 1.82) is 0 Å². The molecule has 0 aromatic heterocycles. The molecule has 0 spiro atoms. The van der Waals surface area contributed by atoms with Crippen molar-refractivity contribution in [3.8, 4) is 0 Å². The zero-order valence-electron chi connectivity index (χ0n) is 9.36. The van der Waals surface area contributed by atoms with Crippen LogP contribution < -0.4 is 10.2 Å². The molecule has 16 heavy (non-hydrogen) atoms. The Hall–Kier alpha value is -1.84. The molecule has 1 N–H and O–H groups in total. The standard InChI is InChI=1S/C12H14N2O2/c1-8(2)9-4-3-5-10(6-9)14-7-11(15)13-12(14)16/h3-6,8H,7H2,1-2H3,(H,13,15,16). The first-order valence-electron chi connectivity index (χ1n) is 5.29. The van der Waals surface area contributed by atoms with E-state index in [4.69, 9.17) is 0 Å². The summed E-state index contributed by atoms with van der Waals surface area (Å²) in [6, 6.07) is 7.36. The number of imide groups is 1. The van der Waals surface area contributed by atoms with Gasteiger partial charge in [0.1, 0.15) is 6.54 Å². The Balaban J connectivity index is 2.30. The number of rotatable bonds is 2. The van der Waals surface area contributed by atoms with E-state index in [0.717, 1.165) is 11.3 Å². The number of urea groups is 1. The lowest BCUT2D eigenvalue weighted by Gasteiger charge is -2.15. The molecule has 3 amide bonds. The summed E-state index contributed by atoms with van der Waals surface area (Å²) in [5, 5.41) is 2.26. The summed E-state index contributed by atoms with van der Waals surface area (Å²) in [6.45, 7) is 4.29. The molecule has 1 heterocycles. The first-order valence-corrected chi connectivity index (χ1v) is 5.29. The summed E-state index contributed by atoms with van der Waals surface area (Å²) in [7, 11) is 0. The highest BCUT2D eigenvalue weighted by atomic mass is 16.2. The van der Waals surface area contributed by atoms with E-state index in [9.17, 15) is 9.59 Å². The Morgan fingerprint density at radius 2 is 2.06 bits per heavy atom. The fourth-order valence-corrected chi connectivity index (χ4v) is 1.70. The lowest BCUT2D eigenvalue weighted by molar-refractivity contribution is -0.117. The number of carbonyl (C=O) groups is 2. The normalized spacial score (nSPS) is 15.8. The molecule has 0 saturated carbocycles. The van der Waals surface area contributed by atoms with Crippen LogP contribution in [0.1, 0.15) is 25.3 Å². The fourth-order valence-electron chi connectivity index (χ4n) is 1.70. The number of hydrogen-bond acceptors (Lipinski definition) is 2. The van der Waals surface area contributed by atoms with Gasteiger partial charge < -0.3 is 0 Å². The first kappa shape index (κ1) is 10.7. The lowest BCUT2D eigenvalue weighted by Crippen LogP contribution is -2.27. The van der Waals surface area contributed by atoms with Crippen molar-refractivity contribution in [2.75, 3.05) is 11.4 Å². The molecule has 1 aromatic carbocycles. The van der Waals surface area contributed by atoms with Gasteiger partial charge in [-0.15, -0.1) is 0 Å². The van der Waals surface area contributed by atoms with Crippen molar-refractivity contribution in [3.05, 3.63) is 29.8 Å². The molecule has 1 saturated heterocycles. The minimum Gasteiger partial charge on any atom is -0.285 e. The van der Waals surface area contributed by atoms with E-state index in [-0.39, 0.29) is 18.5 Å². The van der Waals surface area contributed by atoms with E-state index >= 15 is 0 Å². The number of nitrogens with zero attached hydrogens (tertiary/aromatic N) is 1. The van der Waals surface area contributed by atoms with Crippen LogP contribution in [-0.2, 0) is 4.79 Å². The molecule has 0 unspecified atom stereocenters. The van der Waals surface area contributed by atoms with Crippen molar-refractivity contribution in [2.45, 2.75) is 19.8 Å². The number of hydrogen-bond donors (Lipinski definition) is 1. The van der Waals surface area contributed by atoms with Crippen LogP contribution in [0, 0.1) is 0 Å². The van der Waals surface area contributed by atoms with E-state index < -0.39 is 0 Å². The summed E-state index contributed by atoms with van der Waals surface area (Å²) < 4.78 is 0. The maximum Gasteiger partial charge on any atom is 0.329 e. The summed E-state index contributed by atoms with van der Waals surface area (Å²) >= 11 is 0. The van der Waals surface area contributed by atoms with Gasteiger partial charge in [-0.1, -0.05) is 26.0 Å². The molecular formula is C12H14N2O2. The summed E-state index contributed by atoms with van der Waals surface area (Å²) in [4.78, 5) is 24.0. The highest BCUT2D eigenvalue weighted by Gasteiger charge is 2.27. The molecule has 84 valence electrons. The quantitative estimate of drug-likeness (QED) is 0.770. The Morgan fingerprint density at radius 3 is 2.62 bits per heavy atom. The molecule has 4 nitrogen and oxygen atoms in total. The van der Waals surface area contributed by atoms with Crippen LogP contribution in [0.4, 0.5) is 10.5 Å². The van der Waals surface area contributed by atoms with Gasteiger partial charge in [0.05, 0.1) is 0 Å². The SMILES string of the molecule is CC(C)c1cccc(N2CC(=O)NC2=O)c1. The third-order valence-electron chi connectivity index (χ3n) is 2.64. The number of carbonyl (C=O) groups excluding carboxylic acids is 2. The van der Waals surface area contributed by atoms with E-state index in [1.54, 1.807) is 0 Å². The molecular weight excluding hydrogens is 204 g/mol.